The number of carboxylic acids is 1. The van der Waals surface area contributed by atoms with Gasteiger partial charge in [-0.15, -0.1) is 0 Å². The number of ether oxygens (including phenoxy) is 1. The van der Waals surface area contributed by atoms with Crippen molar-refractivity contribution in [3.8, 4) is 11.5 Å². The van der Waals surface area contributed by atoms with Gasteiger partial charge in [-0.25, -0.2) is 13.2 Å². The van der Waals surface area contributed by atoms with Crippen LogP contribution in [0.3, 0.4) is 0 Å². The maximum atomic E-state index is 12.6. The lowest BCUT2D eigenvalue weighted by molar-refractivity contribution is 0.0693. The minimum atomic E-state index is -3.56. The van der Waals surface area contributed by atoms with Gasteiger partial charge in [-0.2, -0.15) is 0 Å². The van der Waals surface area contributed by atoms with Gasteiger partial charge >= 0.3 is 5.97 Å². The molecule has 0 radical (unpaired) electrons. The van der Waals surface area contributed by atoms with Gasteiger partial charge in [0.25, 0.3) is 0 Å². The van der Waals surface area contributed by atoms with Crippen molar-refractivity contribution in [3.63, 3.8) is 0 Å². The van der Waals surface area contributed by atoms with Crippen molar-refractivity contribution in [2.45, 2.75) is 31.1 Å². The molecule has 0 bridgehead atoms. The predicted octanol–water partition coefficient (Wildman–Crippen LogP) is 4.58. The van der Waals surface area contributed by atoms with E-state index < -0.39 is 27.0 Å². The zero-order chi connectivity index (χ0) is 23.5. The molecule has 2 N–H and O–H groups in total. The molecule has 0 aromatic heterocycles. The number of sulfone groups is 1. The van der Waals surface area contributed by atoms with Crippen LogP contribution in [0, 0.1) is 6.92 Å². The second-order valence-electron chi connectivity index (χ2n) is 8.11. The Kier molecular flexibility index (Phi) is 6.60. The number of aromatic carboxylic acids is 1. The van der Waals surface area contributed by atoms with Crippen LogP contribution in [0.15, 0.2) is 71.6 Å². The standard InChI is InChI=1S/C25H26O6S/c1-17-9-11-19(12-10-17)32(29,30)16-15-31-21-14-13-20(24(27)28)23(26)22(21)25(2,3)18-7-5-4-6-8-18/h4-14,26H,15-16H2,1-3H3,(H,27,28). The zero-order valence-corrected chi connectivity index (χ0v) is 19.0. The molecule has 3 aromatic rings. The molecule has 3 rings (SSSR count). The quantitative estimate of drug-likeness (QED) is 0.517. The molecule has 0 aliphatic rings. The highest BCUT2D eigenvalue weighted by Crippen LogP contribution is 2.44. The van der Waals surface area contributed by atoms with Crippen LogP contribution < -0.4 is 4.74 Å². The van der Waals surface area contributed by atoms with Crippen molar-refractivity contribution in [3.05, 3.63) is 89.0 Å². The van der Waals surface area contributed by atoms with Gasteiger partial charge < -0.3 is 14.9 Å². The number of carboxylic acid groups (broad SMARTS) is 1. The summed E-state index contributed by atoms with van der Waals surface area (Å²) in [6.07, 6.45) is 0. The summed E-state index contributed by atoms with van der Waals surface area (Å²) in [5.74, 6) is -1.69. The van der Waals surface area contributed by atoms with Gasteiger partial charge in [0.15, 0.2) is 9.84 Å². The Morgan fingerprint density at radius 3 is 2.19 bits per heavy atom. The number of aryl methyl sites for hydroxylation is 1. The van der Waals surface area contributed by atoms with Gasteiger partial charge in [0.2, 0.25) is 0 Å². The van der Waals surface area contributed by atoms with Gasteiger partial charge in [-0.05, 0) is 36.8 Å². The first-order valence-electron chi connectivity index (χ1n) is 10.1. The number of carbonyl (C=O) groups is 1. The molecule has 168 valence electrons. The van der Waals surface area contributed by atoms with Crippen molar-refractivity contribution in [2.75, 3.05) is 12.4 Å². The second-order valence-corrected chi connectivity index (χ2v) is 10.2. The Balaban J connectivity index is 1.94. The van der Waals surface area contributed by atoms with Gasteiger partial charge in [0.1, 0.15) is 23.7 Å². The van der Waals surface area contributed by atoms with E-state index in [-0.39, 0.29) is 34.1 Å². The van der Waals surface area contributed by atoms with E-state index in [1.54, 1.807) is 24.3 Å². The van der Waals surface area contributed by atoms with E-state index in [0.717, 1.165) is 11.1 Å². The van der Waals surface area contributed by atoms with Crippen LogP contribution >= 0.6 is 0 Å². The molecule has 32 heavy (non-hydrogen) atoms. The van der Waals surface area contributed by atoms with Crippen molar-refractivity contribution >= 4 is 15.8 Å². The molecule has 0 unspecified atom stereocenters. The lowest BCUT2D eigenvalue weighted by atomic mass is 9.76. The summed E-state index contributed by atoms with van der Waals surface area (Å²) in [5, 5.41) is 20.3. The van der Waals surface area contributed by atoms with Crippen LogP contribution in [0.25, 0.3) is 0 Å². The highest BCUT2D eigenvalue weighted by atomic mass is 32.2. The molecule has 6 nitrogen and oxygen atoms in total. The maximum absolute atomic E-state index is 12.6. The fourth-order valence-corrected chi connectivity index (χ4v) is 4.68. The summed E-state index contributed by atoms with van der Waals surface area (Å²) in [6.45, 7) is 5.42. The molecule has 0 aliphatic carbocycles. The monoisotopic (exact) mass is 454 g/mol. The van der Waals surface area contributed by atoms with Crippen LogP contribution in [0.2, 0.25) is 0 Å². The van der Waals surface area contributed by atoms with Crippen LogP contribution in [-0.2, 0) is 15.3 Å². The first-order chi connectivity index (χ1) is 15.0. The van der Waals surface area contributed by atoms with E-state index in [1.807, 2.05) is 51.1 Å². The van der Waals surface area contributed by atoms with Crippen molar-refractivity contribution in [1.29, 1.82) is 0 Å². The highest BCUT2D eigenvalue weighted by molar-refractivity contribution is 7.91. The number of hydrogen-bond donors (Lipinski definition) is 2. The van der Waals surface area contributed by atoms with E-state index in [9.17, 15) is 23.4 Å². The molecule has 0 fully saturated rings. The number of hydrogen-bond acceptors (Lipinski definition) is 5. The van der Waals surface area contributed by atoms with Gasteiger partial charge in [0, 0.05) is 11.0 Å². The van der Waals surface area contributed by atoms with Gasteiger partial charge in [-0.1, -0.05) is 61.9 Å². The number of phenols is 1. The third-order valence-electron chi connectivity index (χ3n) is 5.48. The summed E-state index contributed by atoms with van der Waals surface area (Å²) < 4.78 is 31.1. The van der Waals surface area contributed by atoms with Crippen molar-refractivity contribution in [1.82, 2.24) is 0 Å². The lowest BCUT2D eigenvalue weighted by Gasteiger charge is -2.29. The number of rotatable bonds is 8. The molecule has 0 saturated heterocycles. The van der Waals surface area contributed by atoms with E-state index >= 15 is 0 Å². The van der Waals surface area contributed by atoms with E-state index in [0.29, 0.717) is 0 Å². The number of benzene rings is 3. The molecule has 0 heterocycles. The van der Waals surface area contributed by atoms with E-state index in [2.05, 4.69) is 0 Å². The number of aromatic hydroxyl groups is 1. The van der Waals surface area contributed by atoms with E-state index in [4.69, 9.17) is 4.74 Å². The van der Waals surface area contributed by atoms with Crippen LogP contribution in [0.4, 0.5) is 0 Å². The summed E-state index contributed by atoms with van der Waals surface area (Å²) in [7, 11) is -3.56. The topological polar surface area (TPSA) is 101 Å². The summed E-state index contributed by atoms with van der Waals surface area (Å²) >= 11 is 0. The van der Waals surface area contributed by atoms with Crippen molar-refractivity contribution in [2.24, 2.45) is 0 Å². The zero-order valence-electron chi connectivity index (χ0n) is 18.2. The average Bonchev–Trinajstić information content (AvgIpc) is 2.74. The lowest BCUT2D eigenvalue weighted by Crippen LogP contribution is -2.22. The molecule has 7 heteroatoms. The SMILES string of the molecule is Cc1ccc(S(=O)(=O)CCOc2ccc(C(=O)O)c(O)c2C(C)(C)c2ccccc2)cc1. The molecule has 0 saturated carbocycles. The first kappa shape index (κ1) is 23.3. The normalized spacial score (nSPS) is 11.8. The Morgan fingerprint density at radius 1 is 0.969 bits per heavy atom. The Hall–Kier alpha value is -3.32. The Bertz CT molecular complexity index is 1210. The average molecular weight is 455 g/mol. The van der Waals surface area contributed by atoms with Gasteiger partial charge in [0.05, 0.1) is 10.6 Å². The summed E-state index contributed by atoms with van der Waals surface area (Å²) in [4.78, 5) is 11.8. The Labute approximate surface area is 188 Å². The minimum absolute atomic E-state index is 0.153. The molecule has 0 atom stereocenters. The minimum Gasteiger partial charge on any atom is -0.507 e. The second kappa shape index (κ2) is 9.04. The molecule has 0 spiro atoms. The smallest absolute Gasteiger partial charge is 0.339 e. The summed E-state index contributed by atoms with van der Waals surface area (Å²) in [5.41, 5.74) is 1.04. The van der Waals surface area contributed by atoms with Crippen LogP contribution in [0.5, 0.6) is 11.5 Å². The Morgan fingerprint density at radius 2 is 1.59 bits per heavy atom. The fourth-order valence-electron chi connectivity index (χ4n) is 3.59. The van der Waals surface area contributed by atoms with Gasteiger partial charge in [-0.3, -0.25) is 0 Å². The molecular formula is C25H26O6S. The molecule has 3 aromatic carbocycles. The molecular weight excluding hydrogens is 428 g/mol. The molecule has 0 aliphatic heterocycles. The third-order valence-corrected chi connectivity index (χ3v) is 7.17. The third kappa shape index (κ3) is 4.78. The predicted molar refractivity (Wildman–Crippen MR) is 122 cm³/mol. The fraction of sp³-hybridized carbons (Fsp3) is 0.240. The highest BCUT2D eigenvalue weighted by Gasteiger charge is 2.32. The summed E-state index contributed by atoms with van der Waals surface area (Å²) in [6, 6.07) is 18.6. The first-order valence-corrected chi connectivity index (χ1v) is 11.8. The van der Waals surface area contributed by atoms with Crippen LogP contribution in [0.1, 0.15) is 40.9 Å². The van der Waals surface area contributed by atoms with Crippen molar-refractivity contribution < 1.29 is 28.2 Å². The molecule has 0 amide bonds. The van der Waals surface area contributed by atoms with Crippen LogP contribution in [-0.4, -0.2) is 37.0 Å². The largest absolute Gasteiger partial charge is 0.507 e. The maximum Gasteiger partial charge on any atom is 0.339 e. The van der Waals surface area contributed by atoms with E-state index in [1.165, 1.54) is 12.1 Å².